The second-order valence-electron chi connectivity index (χ2n) is 5.69. The van der Waals surface area contributed by atoms with Crippen molar-refractivity contribution in [1.82, 2.24) is 4.90 Å². The van der Waals surface area contributed by atoms with Gasteiger partial charge < -0.3 is 0 Å². The number of nitrogens with zero attached hydrogens (tertiary/aromatic N) is 1. The summed E-state index contributed by atoms with van der Waals surface area (Å²) in [6, 6.07) is 0. The molecular weight excluding hydrogens is 222 g/mol. The summed E-state index contributed by atoms with van der Waals surface area (Å²) in [7, 11) is -2.73. The maximum absolute atomic E-state index is 11.9. The molecule has 2 heterocycles. The first kappa shape index (κ1) is 11.0. The Balaban J connectivity index is 1.85. The van der Waals surface area contributed by atoms with Gasteiger partial charge in [-0.05, 0) is 38.8 Å². The van der Waals surface area contributed by atoms with E-state index < -0.39 is 9.84 Å². The third-order valence-corrected chi connectivity index (χ3v) is 7.24. The number of rotatable bonds is 1. The Hall–Kier alpha value is -0.0900. The zero-order valence-corrected chi connectivity index (χ0v) is 10.6. The zero-order chi connectivity index (χ0) is 11.2. The standard InChI is InChI=1S/C12H21NO2S/c14-16(15)10-12(7-3-2-6-11(12)16)13-8-4-1-5-9-13/h11H,1-10H2/t11-,12+/m1/s1. The van der Waals surface area contributed by atoms with Crippen LogP contribution in [-0.4, -0.2) is 42.9 Å². The van der Waals surface area contributed by atoms with Gasteiger partial charge in [-0.1, -0.05) is 19.3 Å². The van der Waals surface area contributed by atoms with E-state index in [1.165, 1.54) is 25.7 Å². The second kappa shape index (κ2) is 3.70. The van der Waals surface area contributed by atoms with Crippen molar-refractivity contribution in [2.45, 2.75) is 55.7 Å². The molecule has 2 aliphatic heterocycles. The van der Waals surface area contributed by atoms with Crippen LogP contribution in [0.4, 0.5) is 0 Å². The van der Waals surface area contributed by atoms with Gasteiger partial charge in [-0.15, -0.1) is 0 Å². The molecule has 2 atom stereocenters. The summed E-state index contributed by atoms with van der Waals surface area (Å²) in [6.45, 7) is 2.26. The van der Waals surface area contributed by atoms with Gasteiger partial charge in [0.15, 0.2) is 9.84 Å². The van der Waals surface area contributed by atoms with Crippen LogP contribution in [0.5, 0.6) is 0 Å². The third kappa shape index (κ3) is 1.46. The molecule has 92 valence electrons. The highest BCUT2D eigenvalue weighted by Crippen LogP contribution is 2.47. The summed E-state index contributed by atoms with van der Waals surface area (Å²) < 4.78 is 23.7. The first-order chi connectivity index (χ1) is 7.65. The number of hydrogen-bond acceptors (Lipinski definition) is 3. The molecule has 3 fully saturated rings. The predicted molar refractivity (Wildman–Crippen MR) is 64.2 cm³/mol. The fourth-order valence-corrected chi connectivity index (χ4v) is 6.68. The molecule has 1 aliphatic carbocycles. The smallest absolute Gasteiger partial charge is 0.156 e. The quantitative estimate of drug-likeness (QED) is 0.702. The molecule has 0 N–H and O–H groups in total. The Kier molecular flexibility index (Phi) is 2.55. The van der Waals surface area contributed by atoms with Gasteiger partial charge in [0.2, 0.25) is 0 Å². The van der Waals surface area contributed by atoms with Gasteiger partial charge >= 0.3 is 0 Å². The summed E-state index contributed by atoms with van der Waals surface area (Å²) in [5.74, 6) is 0.449. The highest BCUT2D eigenvalue weighted by Gasteiger charge is 2.61. The van der Waals surface area contributed by atoms with Crippen molar-refractivity contribution in [3.8, 4) is 0 Å². The van der Waals surface area contributed by atoms with Gasteiger partial charge in [0, 0.05) is 0 Å². The van der Waals surface area contributed by atoms with E-state index in [1.807, 2.05) is 0 Å². The van der Waals surface area contributed by atoms with E-state index in [1.54, 1.807) is 0 Å². The fourth-order valence-electron chi connectivity index (χ4n) is 4.01. The molecule has 3 nitrogen and oxygen atoms in total. The highest BCUT2D eigenvalue weighted by molar-refractivity contribution is 7.93. The third-order valence-electron chi connectivity index (χ3n) is 4.80. The lowest BCUT2D eigenvalue weighted by Gasteiger charge is -2.58. The van der Waals surface area contributed by atoms with Crippen LogP contribution in [0.3, 0.4) is 0 Å². The lowest BCUT2D eigenvalue weighted by molar-refractivity contribution is 0.0387. The van der Waals surface area contributed by atoms with Crippen LogP contribution in [0, 0.1) is 0 Å². The summed E-state index contributed by atoms with van der Waals surface area (Å²) >= 11 is 0. The first-order valence-electron chi connectivity index (χ1n) is 6.62. The minimum atomic E-state index is -2.73. The van der Waals surface area contributed by atoms with E-state index in [0.717, 1.165) is 32.4 Å². The Bertz CT molecular complexity index is 372. The van der Waals surface area contributed by atoms with Crippen molar-refractivity contribution in [1.29, 1.82) is 0 Å². The summed E-state index contributed by atoms with van der Waals surface area (Å²) in [6.07, 6.45) is 8.21. The molecule has 0 aromatic rings. The topological polar surface area (TPSA) is 37.4 Å². The Morgan fingerprint density at radius 3 is 2.44 bits per heavy atom. The maximum Gasteiger partial charge on any atom is 0.156 e. The van der Waals surface area contributed by atoms with Crippen molar-refractivity contribution in [2.24, 2.45) is 0 Å². The largest absolute Gasteiger partial charge is 0.295 e. The predicted octanol–water partition coefficient (Wildman–Crippen LogP) is 1.58. The van der Waals surface area contributed by atoms with Crippen molar-refractivity contribution in [2.75, 3.05) is 18.8 Å². The normalized spacial score (nSPS) is 43.4. The van der Waals surface area contributed by atoms with E-state index >= 15 is 0 Å². The SMILES string of the molecule is O=S1(=O)C[C@@]2(N3CCCCC3)CCCC[C@H]21. The first-order valence-corrected chi connectivity index (χ1v) is 8.33. The molecule has 2 saturated heterocycles. The number of likely N-dealkylation sites (tertiary alicyclic amines) is 1. The molecule has 0 spiro atoms. The van der Waals surface area contributed by atoms with Gasteiger partial charge in [-0.25, -0.2) is 8.42 Å². The lowest BCUT2D eigenvalue weighted by Crippen LogP contribution is -2.73. The maximum atomic E-state index is 11.9. The molecule has 0 amide bonds. The molecule has 1 saturated carbocycles. The second-order valence-corrected chi connectivity index (χ2v) is 7.88. The van der Waals surface area contributed by atoms with E-state index in [4.69, 9.17) is 0 Å². The van der Waals surface area contributed by atoms with Crippen LogP contribution < -0.4 is 0 Å². The van der Waals surface area contributed by atoms with Crippen LogP contribution in [0.2, 0.25) is 0 Å². The van der Waals surface area contributed by atoms with Gasteiger partial charge in [-0.3, -0.25) is 4.90 Å². The van der Waals surface area contributed by atoms with E-state index in [0.29, 0.717) is 5.75 Å². The molecule has 0 bridgehead atoms. The Labute approximate surface area is 98.1 Å². The van der Waals surface area contributed by atoms with Gasteiger partial charge in [0.05, 0.1) is 16.5 Å². The van der Waals surface area contributed by atoms with Crippen LogP contribution in [0.25, 0.3) is 0 Å². The molecule has 4 heteroatoms. The lowest BCUT2D eigenvalue weighted by atomic mass is 9.79. The minimum absolute atomic E-state index is 0.0214. The molecule has 3 aliphatic rings. The number of piperidine rings is 1. The van der Waals surface area contributed by atoms with Crippen molar-refractivity contribution < 1.29 is 8.42 Å². The molecule has 0 aromatic carbocycles. The number of hydrogen-bond donors (Lipinski definition) is 0. The van der Waals surface area contributed by atoms with Gasteiger partial charge in [-0.2, -0.15) is 0 Å². The van der Waals surface area contributed by atoms with Gasteiger partial charge in [0.1, 0.15) is 0 Å². The highest BCUT2D eigenvalue weighted by atomic mass is 32.2. The molecule has 16 heavy (non-hydrogen) atoms. The van der Waals surface area contributed by atoms with Crippen LogP contribution in [0.15, 0.2) is 0 Å². The van der Waals surface area contributed by atoms with Crippen molar-refractivity contribution in [3.63, 3.8) is 0 Å². The van der Waals surface area contributed by atoms with Crippen LogP contribution >= 0.6 is 0 Å². The number of fused-ring (bicyclic) bond motifs is 1. The Morgan fingerprint density at radius 2 is 1.75 bits per heavy atom. The van der Waals surface area contributed by atoms with Crippen molar-refractivity contribution in [3.05, 3.63) is 0 Å². The monoisotopic (exact) mass is 243 g/mol. The summed E-state index contributed by atoms with van der Waals surface area (Å²) in [5, 5.41) is -0.0214. The fraction of sp³-hybridized carbons (Fsp3) is 1.00. The van der Waals surface area contributed by atoms with E-state index in [9.17, 15) is 8.42 Å². The zero-order valence-electron chi connectivity index (χ0n) is 9.82. The molecule has 0 unspecified atom stereocenters. The molecule has 0 aromatic heterocycles. The van der Waals surface area contributed by atoms with Gasteiger partial charge in [0.25, 0.3) is 0 Å². The average molecular weight is 243 g/mol. The molecule has 0 radical (unpaired) electrons. The Morgan fingerprint density at radius 1 is 1.00 bits per heavy atom. The summed E-state index contributed by atoms with van der Waals surface area (Å²) in [5.41, 5.74) is 0.0670. The van der Waals surface area contributed by atoms with Crippen LogP contribution in [0.1, 0.15) is 44.9 Å². The van der Waals surface area contributed by atoms with E-state index in [2.05, 4.69) is 4.90 Å². The van der Waals surface area contributed by atoms with E-state index in [-0.39, 0.29) is 10.8 Å². The molecule has 3 rings (SSSR count). The summed E-state index contributed by atoms with van der Waals surface area (Å²) in [4.78, 5) is 2.52. The van der Waals surface area contributed by atoms with Crippen molar-refractivity contribution >= 4 is 9.84 Å². The van der Waals surface area contributed by atoms with Crippen LogP contribution in [-0.2, 0) is 9.84 Å². The average Bonchev–Trinajstić information content (AvgIpc) is 2.29. The minimum Gasteiger partial charge on any atom is -0.295 e. The number of sulfone groups is 1. The molecular formula is C12H21NO2S.